The van der Waals surface area contributed by atoms with Crippen LogP contribution in [0.15, 0.2) is 30.3 Å². The van der Waals surface area contributed by atoms with E-state index < -0.39 is 5.41 Å². The molecule has 0 saturated heterocycles. The van der Waals surface area contributed by atoms with Gasteiger partial charge >= 0.3 is 5.97 Å². The van der Waals surface area contributed by atoms with E-state index >= 15 is 0 Å². The van der Waals surface area contributed by atoms with Crippen molar-refractivity contribution in [2.45, 2.75) is 39.7 Å². The molecule has 0 aliphatic carbocycles. The molecule has 1 aromatic carbocycles. The average molecular weight is 265 g/mol. The summed E-state index contributed by atoms with van der Waals surface area (Å²) in [5.74, 6) is -0.328. The monoisotopic (exact) mass is 265 g/mol. The van der Waals surface area contributed by atoms with Crippen LogP contribution in [0.4, 0.5) is 0 Å². The predicted octanol–water partition coefficient (Wildman–Crippen LogP) is 2.07. The molecule has 0 spiro atoms. The summed E-state index contributed by atoms with van der Waals surface area (Å²) in [6.45, 7) is 5.29. The molecule has 0 bridgehead atoms. The van der Waals surface area contributed by atoms with E-state index in [1.54, 1.807) is 20.8 Å². The summed E-state index contributed by atoms with van der Waals surface area (Å²) in [5.41, 5.74) is 3.30. The summed E-state index contributed by atoms with van der Waals surface area (Å²) in [6, 6.07) is 9.76. The molecule has 0 heterocycles. The minimum absolute atomic E-state index is 0.0652. The molecular weight excluding hydrogens is 242 g/mol. The Labute approximate surface area is 114 Å². The molecule has 0 fully saturated rings. The summed E-state index contributed by atoms with van der Waals surface area (Å²) in [7, 11) is 0. The van der Waals surface area contributed by atoms with Crippen LogP contribution in [0, 0.1) is 5.41 Å². The van der Waals surface area contributed by atoms with E-state index in [0.29, 0.717) is 6.42 Å². The van der Waals surface area contributed by atoms with E-state index in [9.17, 15) is 9.90 Å². The van der Waals surface area contributed by atoms with Gasteiger partial charge in [0.1, 0.15) is 0 Å². The van der Waals surface area contributed by atoms with Gasteiger partial charge in [-0.05, 0) is 39.2 Å². The van der Waals surface area contributed by atoms with Gasteiger partial charge in [0.05, 0.1) is 18.1 Å². The molecule has 4 heteroatoms. The Kier molecular flexibility index (Phi) is 5.99. The van der Waals surface area contributed by atoms with Crippen LogP contribution in [0.3, 0.4) is 0 Å². The zero-order chi connectivity index (χ0) is 14.3. The van der Waals surface area contributed by atoms with Gasteiger partial charge in [0.2, 0.25) is 0 Å². The quantitative estimate of drug-likeness (QED) is 0.773. The van der Waals surface area contributed by atoms with Crippen molar-refractivity contribution >= 4 is 5.97 Å². The molecule has 1 unspecified atom stereocenters. The van der Waals surface area contributed by atoms with Crippen molar-refractivity contribution in [1.82, 2.24) is 5.48 Å². The fourth-order valence-corrected chi connectivity index (χ4v) is 1.46. The molecule has 0 aliphatic rings. The van der Waals surface area contributed by atoms with Crippen molar-refractivity contribution in [2.75, 3.05) is 6.61 Å². The van der Waals surface area contributed by atoms with Gasteiger partial charge < -0.3 is 9.94 Å². The molecule has 0 amide bonds. The molecule has 0 saturated carbocycles. The van der Waals surface area contributed by atoms with Gasteiger partial charge in [-0.2, -0.15) is 0 Å². The lowest BCUT2D eigenvalue weighted by atomic mass is 9.98. The number of rotatable bonds is 6. The molecule has 106 valence electrons. The third kappa shape index (κ3) is 5.85. The van der Waals surface area contributed by atoms with Crippen LogP contribution in [0.1, 0.15) is 32.8 Å². The first-order valence-corrected chi connectivity index (χ1v) is 6.55. The molecule has 19 heavy (non-hydrogen) atoms. The molecule has 1 rings (SSSR count). The highest BCUT2D eigenvalue weighted by molar-refractivity contribution is 5.75. The Balaban J connectivity index is 2.36. The van der Waals surface area contributed by atoms with Crippen molar-refractivity contribution in [1.29, 1.82) is 0 Å². The first-order valence-electron chi connectivity index (χ1n) is 6.55. The molecule has 2 N–H and O–H groups in total. The van der Waals surface area contributed by atoms with E-state index in [1.807, 2.05) is 30.3 Å². The van der Waals surface area contributed by atoms with E-state index in [4.69, 9.17) is 4.84 Å². The highest BCUT2D eigenvalue weighted by Gasteiger charge is 2.24. The number of aliphatic hydroxyl groups excluding tert-OH is 1. The van der Waals surface area contributed by atoms with Crippen LogP contribution in [0.25, 0.3) is 0 Å². The molecule has 0 aromatic heterocycles. The van der Waals surface area contributed by atoms with Gasteiger partial charge in [-0.25, -0.2) is 4.79 Å². The van der Waals surface area contributed by atoms with Crippen LogP contribution in [0.2, 0.25) is 0 Å². The van der Waals surface area contributed by atoms with Crippen LogP contribution >= 0.6 is 0 Å². The molecule has 0 aliphatic heterocycles. The Morgan fingerprint density at radius 2 is 1.95 bits per heavy atom. The molecular formula is C15H23NO3. The maximum atomic E-state index is 11.6. The minimum Gasteiger partial charge on any atom is -0.395 e. The zero-order valence-corrected chi connectivity index (χ0v) is 11.8. The lowest BCUT2D eigenvalue weighted by Gasteiger charge is -2.20. The lowest BCUT2D eigenvalue weighted by molar-refractivity contribution is -0.163. The fourth-order valence-electron chi connectivity index (χ4n) is 1.46. The number of hydrogen-bond donors (Lipinski definition) is 2. The molecule has 1 aromatic rings. The maximum Gasteiger partial charge on any atom is 0.329 e. The molecule has 0 radical (unpaired) electrons. The Bertz CT molecular complexity index is 384. The van der Waals surface area contributed by atoms with Crippen molar-refractivity contribution in [2.24, 2.45) is 5.41 Å². The van der Waals surface area contributed by atoms with Gasteiger partial charge in [-0.1, -0.05) is 30.3 Å². The van der Waals surface area contributed by atoms with Crippen molar-refractivity contribution in [3.63, 3.8) is 0 Å². The maximum absolute atomic E-state index is 11.6. The fraction of sp³-hybridized carbons (Fsp3) is 0.533. The van der Waals surface area contributed by atoms with E-state index in [-0.39, 0.29) is 18.6 Å². The summed E-state index contributed by atoms with van der Waals surface area (Å²) in [4.78, 5) is 16.6. The zero-order valence-electron chi connectivity index (χ0n) is 11.8. The summed E-state index contributed by atoms with van der Waals surface area (Å²) in [5, 5.41) is 9.27. The van der Waals surface area contributed by atoms with E-state index in [2.05, 4.69) is 5.48 Å². The number of hydroxylamine groups is 1. The normalized spacial score (nSPS) is 13.1. The standard InChI is InChI=1S/C15H23NO3/c1-15(2,3)14(18)19-16-13(11-17)10-9-12-7-5-4-6-8-12/h4-8,13,16-17H,9-11H2,1-3H3. The molecule has 1 atom stereocenters. The highest BCUT2D eigenvalue weighted by Crippen LogP contribution is 2.14. The van der Waals surface area contributed by atoms with Gasteiger partial charge in [0.15, 0.2) is 0 Å². The Morgan fingerprint density at radius 3 is 2.47 bits per heavy atom. The number of carbonyl (C=O) groups excluding carboxylic acids is 1. The van der Waals surface area contributed by atoms with Crippen molar-refractivity contribution < 1.29 is 14.7 Å². The number of aliphatic hydroxyl groups is 1. The van der Waals surface area contributed by atoms with Gasteiger partial charge in [-0.3, -0.25) is 0 Å². The van der Waals surface area contributed by atoms with Crippen molar-refractivity contribution in [3.8, 4) is 0 Å². The summed E-state index contributed by atoms with van der Waals surface area (Å²) >= 11 is 0. The third-order valence-electron chi connectivity index (χ3n) is 2.78. The minimum atomic E-state index is -0.549. The third-order valence-corrected chi connectivity index (χ3v) is 2.78. The first-order chi connectivity index (χ1) is 8.93. The number of aryl methyl sites for hydroxylation is 1. The number of nitrogens with one attached hydrogen (secondary N) is 1. The second kappa shape index (κ2) is 7.26. The van der Waals surface area contributed by atoms with Crippen LogP contribution in [-0.4, -0.2) is 23.7 Å². The number of carbonyl (C=O) groups is 1. The van der Waals surface area contributed by atoms with Gasteiger partial charge in [0.25, 0.3) is 0 Å². The van der Waals surface area contributed by atoms with E-state index in [0.717, 1.165) is 6.42 Å². The Morgan fingerprint density at radius 1 is 1.32 bits per heavy atom. The van der Waals surface area contributed by atoms with Crippen LogP contribution in [-0.2, 0) is 16.1 Å². The van der Waals surface area contributed by atoms with Crippen molar-refractivity contribution in [3.05, 3.63) is 35.9 Å². The largest absolute Gasteiger partial charge is 0.395 e. The number of hydrogen-bond acceptors (Lipinski definition) is 4. The van der Waals surface area contributed by atoms with Gasteiger partial charge in [-0.15, -0.1) is 5.48 Å². The van der Waals surface area contributed by atoms with E-state index in [1.165, 1.54) is 5.56 Å². The smallest absolute Gasteiger partial charge is 0.329 e. The lowest BCUT2D eigenvalue weighted by Crippen LogP contribution is -2.38. The SMILES string of the molecule is CC(C)(C)C(=O)ONC(CO)CCc1ccccc1. The first kappa shape index (κ1) is 15.7. The highest BCUT2D eigenvalue weighted by atomic mass is 16.7. The predicted molar refractivity (Wildman–Crippen MR) is 74.3 cm³/mol. The van der Waals surface area contributed by atoms with Crippen LogP contribution in [0.5, 0.6) is 0 Å². The van der Waals surface area contributed by atoms with Crippen LogP contribution < -0.4 is 5.48 Å². The average Bonchev–Trinajstić information content (AvgIpc) is 2.38. The second-order valence-electron chi connectivity index (χ2n) is 5.66. The molecule has 4 nitrogen and oxygen atoms in total. The summed E-state index contributed by atoms with van der Waals surface area (Å²) in [6.07, 6.45) is 1.53. The summed E-state index contributed by atoms with van der Waals surface area (Å²) < 4.78 is 0. The topological polar surface area (TPSA) is 58.6 Å². The number of benzene rings is 1. The van der Waals surface area contributed by atoms with Gasteiger partial charge in [0, 0.05) is 0 Å². The Hall–Kier alpha value is -1.39. The second-order valence-corrected chi connectivity index (χ2v) is 5.66.